The maximum absolute atomic E-state index is 13.8. The van der Waals surface area contributed by atoms with E-state index in [4.69, 9.17) is 9.47 Å². The van der Waals surface area contributed by atoms with Crippen molar-refractivity contribution < 1.29 is 23.5 Å². The minimum Gasteiger partial charge on any atom is -0.464 e. The van der Waals surface area contributed by atoms with Crippen LogP contribution in [0.4, 0.5) is 4.39 Å². The number of nitrogens with zero attached hydrogens (tertiary/aromatic N) is 1. The first-order valence-corrected chi connectivity index (χ1v) is 11.8. The first kappa shape index (κ1) is 22.9. The van der Waals surface area contributed by atoms with Crippen LogP contribution in [0.1, 0.15) is 34.6 Å². The Morgan fingerprint density at radius 2 is 1.76 bits per heavy atom. The molecule has 1 heterocycles. The average Bonchev–Trinajstić information content (AvgIpc) is 3.28. The van der Waals surface area contributed by atoms with Gasteiger partial charge in [-0.25, -0.2) is 9.18 Å². The topological polar surface area (TPSA) is 55.8 Å². The van der Waals surface area contributed by atoms with Crippen molar-refractivity contribution >= 4 is 23.6 Å². The summed E-state index contributed by atoms with van der Waals surface area (Å²) in [5.74, 6) is 0.327. The minimum absolute atomic E-state index is 0.187. The molecular formula is C26H24FNO4S. The van der Waals surface area contributed by atoms with Gasteiger partial charge in [0.05, 0.1) is 6.61 Å². The van der Waals surface area contributed by atoms with Gasteiger partial charge in [-0.05, 0) is 54.4 Å². The highest BCUT2D eigenvalue weighted by Gasteiger charge is 2.43. The Hall–Kier alpha value is -3.32. The van der Waals surface area contributed by atoms with Crippen molar-refractivity contribution in [2.45, 2.75) is 24.8 Å². The van der Waals surface area contributed by atoms with Crippen molar-refractivity contribution in [1.29, 1.82) is 0 Å². The number of esters is 1. The van der Waals surface area contributed by atoms with E-state index in [1.807, 2.05) is 61.5 Å². The molecule has 0 spiro atoms. The lowest BCUT2D eigenvalue weighted by molar-refractivity contribution is -0.148. The van der Waals surface area contributed by atoms with Crippen LogP contribution in [0.25, 0.3) is 0 Å². The second-order valence-electron chi connectivity index (χ2n) is 7.58. The second kappa shape index (κ2) is 10.5. The van der Waals surface area contributed by atoms with Gasteiger partial charge in [-0.3, -0.25) is 4.79 Å². The third-order valence-corrected chi connectivity index (χ3v) is 6.47. The SMILES string of the molecule is CCCOC(=O)C1CSC(c2cccc(Oc3ccccc3)c2)N1C(=O)c1cccc(F)c1. The van der Waals surface area contributed by atoms with Crippen LogP contribution in [-0.4, -0.2) is 35.2 Å². The monoisotopic (exact) mass is 465 g/mol. The van der Waals surface area contributed by atoms with E-state index >= 15 is 0 Å². The second-order valence-corrected chi connectivity index (χ2v) is 8.69. The molecule has 0 aliphatic carbocycles. The normalized spacial score (nSPS) is 17.6. The molecule has 2 atom stereocenters. The summed E-state index contributed by atoms with van der Waals surface area (Å²) in [6.07, 6.45) is 0.686. The van der Waals surface area contributed by atoms with Gasteiger partial charge in [0.2, 0.25) is 0 Å². The van der Waals surface area contributed by atoms with Crippen molar-refractivity contribution in [3.8, 4) is 11.5 Å². The van der Waals surface area contributed by atoms with E-state index in [0.717, 1.165) is 5.56 Å². The van der Waals surface area contributed by atoms with E-state index < -0.39 is 29.1 Å². The van der Waals surface area contributed by atoms with E-state index in [-0.39, 0.29) is 12.2 Å². The lowest BCUT2D eigenvalue weighted by Gasteiger charge is -2.29. The number of carbonyl (C=O) groups excluding carboxylic acids is 2. The van der Waals surface area contributed by atoms with Crippen molar-refractivity contribution in [3.05, 3.63) is 95.8 Å². The standard InChI is InChI=1S/C26H24FNO4S/c1-2-14-31-26(30)23-17-33-25(28(23)24(29)18-8-6-10-20(27)15-18)19-9-7-13-22(16-19)32-21-11-4-3-5-12-21/h3-13,15-16,23,25H,2,14,17H2,1H3. The summed E-state index contributed by atoms with van der Waals surface area (Å²) in [4.78, 5) is 27.7. The summed E-state index contributed by atoms with van der Waals surface area (Å²) in [6, 6.07) is 21.6. The molecule has 170 valence electrons. The molecule has 5 nitrogen and oxygen atoms in total. The summed E-state index contributed by atoms with van der Waals surface area (Å²) in [5.41, 5.74) is 0.997. The average molecular weight is 466 g/mol. The maximum atomic E-state index is 13.8. The number of rotatable bonds is 7. The fourth-order valence-corrected chi connectivity index (χ4v) is 5.02. The van der Waals surface area contributed by atoms with E-state index in [9.17, 15) is 14.0 Å². The quantitative estimate of drug-likeness (QED) is 0.411. The van der Waals surface area contributed by atoms with Crippen LogP contribution in [0.2, 0.25) is 0 Å². The Balaban J connectivity index is 1.65. The molecule has 1 aliphatic heterocycles. The van der Waals surface area contributed by atoms with Gasteiger partial charge in [-0.1, -0.05) is 43.3 Å². The lowest BCUT2D eigenvalue weighted by Crippen LogP contribution is -2.44. The number of amides is 1. The van der Waals surface area contributed by atoms with Crippen LogP contribution in [0.5, 0.6) is 11.5 Å². The molecule has 3 aromatic carbocycles. The number of thioether (sulfide) groups is 1. The Bertz CT molecular complexity index is 1120. The predicted molar refractivity (Wildman–Crippen MR) is 126 cm³/mol. The van der Waals surface area contributed by atoms with Crippen molar-refractivity contribution in [2.24, 2.45) is 0 Å². The molecule has 4 rings (SSSR count). The van der Waals surface area contributed by atoms with Crippen LogP contribution < -0.4 is 4.74 Å². The third-order valence-electron chi connectivity index (χ3n) is 5.15. The van der Waals surface area contributed by atoms with E-state index in [1.165, 1.54) is 34.9 Å². The molecule has 0 saturated carbocycles. The molecule has 3 aromatic rings. The van der Waals surface area contributed by atoms with Gasteiger partial charge in [0.1, 0.15) is 28.7 Å². The molecular weight excluding hydrogens is 441 g/mol. The number of hydrogen-bond donors (Lipinski definition) is 0. The summed E-state index contributed by atoms with van der Waals surface area (Å²) in [7, 11) is 0. The Kier molecular flexibility index (Phi) is 7.29. The van der Waals surface area contributed by atoms with Gasteiger partial charge in [-0.2, -0.15) is 0 Å². The molecule has 7 heteroatoms. The van der Waals surface area contributed by atoms with E-state index in [1.54, 1.807) is 6.07 Å². The largest absolute Gasteiger partial charge is 0.464 e. The Morgan fingerprint density at radius 1 is 1.00 bits per heavy atom. The van der Waals surface area contributed by atoms with Gasteiger partial charge in [0, 0.05) is 11.3 Å². The van der Waals surface area contributed by atoms with Crippen LogP contribution in [0.15, 0.2) is 78.9 Å². The fraction of sp³-hybridized carbons (Fsp3) is 0.231. The van der Waals surface area contributed by atoms with Crippen molar-refractivity contribution in [2.75, 3.05) is 12.4 Å². The molecule has 1 fully saturated rings. The zero-order valence-corrected chi connectivity index (χ0v) is 19.0. The molecule has 0 N–H and O–H groups in total. The number of hydrogen-bond acceptors (Lipinski definition) is 5. The molecule has 0 bridgehead atoms. The smallest absolute Gasteiger partial charge is 0.329 e. The number of benzene rings is 3. The third kappa shape index (κ3) is 5.37. The molecule has 2 unspecified atom stereocenters. The van der Waals surface area contributed by atoms with Crippen LogP contribution in [-0.2, 0) is 9.53 Å². The van der Waals surface area contributed by atoms with Gasteiger partial charge >= 0.3 is 5.97 Å². The van der Waals surface area contributed by atoms with Gasteiger partial charge in [-0.15, -0.1) is 11.8 Å². The number of para-hydroxylation sites is 1. The number of ether oxygens (including phenoxy) is 2. The summed E-state index contributed by atoms with van der Waals surface area (Å²) >= 11 is 1.47. The molecule has 33 heavy (non-hydrogen) atoms. The van der Waals surface area contributed by atoms with Gasteiger partial charge < -0.3 is 14.4 Å². The van der Waals surface area contributed by atoms with Crippen molar-refractivity contribution in [1.82, 2.24) is 4.90 Å². The highest BCUT2D eigenvalue weighted by molar-refractivity contribution is 7.99. The van der Waals surface area contributed by atoms with E-state index in [0.29, 0.717) is 23.7 Å². The zero-order chi connectivity index (χ0) is 23.2. The first-order chi connectivity index (χ1) is 16.1. The van der Waals surface area contributed by atoms with E-state index in [2.05, 4.69) is 0 Å². The number of carbonyl (C=O) groups is 2. The summed E-state index contributed by atoms with van der Waals surface area (Å²) in [5, 5.41) is -0.445. The number of halogens is 1. The minimum atomic E-state index is -0.763. The molecule has 0 aromatic heterocycles. The molecule has 1 saturated heterocycles. The highest BCUT2D eigenvalue weighted by atomic mass is 32.2. The Labute approximate surface area is 196 Å². The summed E-state index contributed by atoms with van der Waals surface area (Å²) in [6.45, 7) is 2.19. The zero-order valence-electron chi connectivity index (χ0n) is 18.1. The maximum Gasteiger partial charge on any atom is 0.329 e. The summed E-state index contributed by atoms with van der Waals surface area (Å²) < 4.78 is 25.1. The fourth-order valence-electron chi connectivity index (χ4n) is 3.62. The molecule has 0 radical (unpaired) electrons. The highest BCUT2D eigenvalue weighted by Crippen LogP contribution is 2.43. The molecule has 1 amide bonds. The lowest BCUT2D eigenvalue weighted by atomic mass is 10.1. The van der Waals surface area contributed by atoms with Gasteiger partial charge in [0.25, 0.3) is 5.91 Å². The Morgan fingerprint density at radius 3 is 2.52 bits per heavy atom. The predicted octanol–water partition coefficient (Wildman–Crippen LogP) is 5.83. The first-order valence-electron chi connectivity index (χ1n) is 10.8. The van der Waals surface area contributed by atoms with Crippen LogP contribution >= 0.6 is 11.8 Å². The van der Waals surface area contributed by atoms with Crippen molar-refractivity contribution in [3.63, 3.8) is 0 Å². The molecule has 1 aliphatic rings. The van der Waals surface area contributed by atoms with Gasteiger partial charge in [0.15, 0.2) is 0 Å². The van der Waals surface area contributed by atoms with Crippen LogP contribution in [0.3, 0.4) is 0 Å². The van der Waals surface area contributed by atoms with Crippen LogP contribution in [0, 0.1) is 5.82 Å².